The van der Waals surface area contributed by atoms with Gasteiger partial charge in [0, 0.05) is 4.88 Å². The lowest BCUT2D eigenvalue weighted by Gasteiger charge is -2.13. The summed E-state index contributed by atoms with van der Waals surface area (Å²) < 4.78 is 1.65. The number of hydrogen-bond donors (Lipinski definition) is 1. The average molecular weight is 422 g/mol. The van der Waals surface area contributed by atoms with Crippen LogP contribution in [0.4, 0.5) is 0 Å². The fourth-order valence-electron chi connectivity index (χ4n) is 2.94. The normalized spacial score (nSPS) is 10.9. The molecule has 0 saturated heterocycles. The molecule has 4 aromatic rings. The van der Waals surface area contributed by atoms with Crippen molar-refractivity contribution >= 4 is 39.9 Å². The van der Waals surface area contributed by atoms with Gasteiger partial charge < -0.3 is 5.32 Å². The topological polar surface area (TPSA) is 64.0 Å². The molecule has 5 nitrogen and oxygen atoms in total. The van der Waals surface area contributed by atoms with Crippen molar-refractivity contribution in [2.24, 2.45) is 0 Å². The van der Waals surface area contributed by atoms with Gasteiger partial charge in [0.05, 0.1) is 29.7 Å². The van der Waals surface area contributed by atoms with Gasteiger partial charge in [-0.2, -0.15) is 0 Å². The fourth-order valence-corrected chi connectivity index (χ4v) is 4.42. The molecule has 1 amide bonds. The van der Waals surface area contributed by atoms with Crippen molar-refractivity contribution in [3.63, 3.8) is 0 Å². The number of carbonyl (C=O) groups excluding carboxylic acids is 1. The van der Waals surface area contributed by atoms with Crippen LogP contribution >= 0.6 is 23.1 Å². The van der Waals surface area contributed by atoms with Crippen molar-refractivity contribution in [1.29, 1.82) is 0 Å². The molecule has 29 heavy (non-hydrogen) atoms. The monoisotopic (exact) mass is 421 g/mol. The van der Waals surface area contributed by atoms with Crippen LogP contribution in [0.3, 0.4) is 0 Å². The number of fused-ring (bicyclic) bond motifs is 1. The molecule has 7 heteroatoms. The molecule has 0 aliphatic heterocycles. The first-order valence-electron chi connectivity index (χ1n) is 9.16. The zero-order valence-electron chi connectivity index (χ0n) is 15.6. The van der Waals surface area contributed by atoms with Crippen molar-refractivity contribution in [2.45, 2.75) is 18.2 Å². The molecule has 2 heterocycles. The summed E-state index contributed by atoms with van der Waals surface area (Å²) >= 11 is 2.89. The van der Waals surface area contributed by atoms with Gasteiger partial charge in [0.2, 0.25) is 5.91 Å². The Kier molecular flexibility index (Phi) is 6.07. The van der Waals surface area contributed by atoms with E-state index >= 15 is 0 Å². The van der Waals surface area contributed by atoms with E-state index in [-0.39, 0.29) is 17.2 Å². The Morgan fingerprint density at radius 2 is 1.83 bits per heavy atom. The highest BCUT2D eigenvalue weighted by Crippen LogP contribution is 2.19. The first-order valence-corrected chi connectivity index (χ1v) is 11.0. The zero-order valence-corrected chi connectivity index (χ0v) is 17.2. The third-order valence-electron chi connectivity index (χ3n) is 4.38. The Morgan fingerprint density at radius 3 is 2.62 bits per heavy atom. The maximum atomic E-state index is 13.1. The number of benzene rings is 2. The van der Waals surface area contributed by atoms with Crippen LogP contribution in [-0.4, -0.2) is 21.2 Å². The summed E-state index contributed by atoms with van der Waals surface area (Å²) in [6.45, 7) is 0.926. The number of nitrogens with one attached hydrogen (secondary N) is 1. The quantitative estimate of drug-likeness (QED) is 0.363. The Morgan fingerprint density at radius 1 is 1.03 bits per heavy atom. The number of hydrogen-bond acceptors (Lipinski definition) is 5. The van der Waals surface area contributed by atoms with E-state index in [1.54, 1.807) is 22.0 Å². The minimum atomic E-state index is -0.0963. The number of aromatic nitrogens is 2. The van der Waals surface area contributed by atoms with E-state index in [1.165, 1.54) is 11.8 Å². The molecule has 0 atom stereocenters. The van der Waals surface area contributed by atoms with E-state index in [1.807, 2.05) is 66.0 Å². The highest BCUT2D eigenvalue weighted by atomic mass is 32.2. The molecule has 0 bridgehead atoms. The highest BCUT2D eigenvalue weighted by Gasteiger charge is 2.13. The molecular weight excluding hydrogens is 402 g/mol. The standard InChI is InChI=1S/C22H19N3O2S2/c26-20(23-13-17-9-6-12-28-17)15-29-22-24-19-11-5-4-10-18(19)21(27)25(22)14-16-7-2-1-3-8-16/h1-12H,13-15H2,(H,23,26). The van der Waals surface area contributed by atoms with Gasteiger partial charge in [0.1, 0.15) is 0 Å². The molecule has 2 aromatic heterocycles. The van der Waals surface area contributed by atoms with Crippen LogP contribution < -0.4 is 10.9 Å². The van der Waals surface area contributed by atoms with Gasteiger partial charge in [-0.15, -0.1) is 11.3 Å². The van der Waals surface area contributed by atoms with E-state index < -0.39 is 0 Å². The Balaban J connectivity index is 1.57. The van der Waals surface area contributed by atoms with E-state index in [0.29, 0.717) is 29.1 Å². The van der Waals surface area contributed by atoms with E-state index in [4.69, 9.17) is 0 Å². The molecule has 2 aromatic carbocycles. The van der Waals surface area contributed by atoms with E-state index in [2.05, 4.69) is 10.3 Å². The van der Waals surface area contributed by atoms with Crippen LogP contribution in [0, 0.1) is 0 Å². The van der Waals surface area contributed by atoms with Crippen LogP contribution in [0.1, 0.15) is 10.4 Å². The van der Waals surface area contributed by atoms with Crippen LogP contribution in [0.5, 0.6) is 0 Å². The molecule has 1 N–H and O–H groups in total. The largest absolute Gasteiger partial charge is 0.350 e. The second-order valence-corrected chi connectivity index (χ2v) is 8.41. The molecule has 0 aliphatic rings. The van der Waals surface area contributed by atoms with Crippen LogP contribution in [-0.2, 0) is 17.9 Å². The third-order valence-corrected chi connectivity index (χ3v) is 6.24. The van der Waals surface area contributed by atoms with E-state index in [9.17, 15) is 9.59 Å². The van der Waals surface area contributed by atoms with E-state index in [0.717, 1.165) is 10.4 Å². The summed E-state index contributed by atoms with van der Waals surface area (Å²) in [4.78, 5) is 31.1. The summed E-state index contributed by atoms with van der Waals surface area (Å²) in [7, 11) is 0. The first kappa shape index (κ1) is 19.4. The summed E-state index contributed by atoms with van der Waals surface area (Å²) in [5.41, 5.74) is 1.56. The average Bonchev–Trinajstić information content (AvgIpc) is 3.27. The smallest absolute Gasteiger partial charge is 0.262 e. The molecular formula is C22H19N3O2S2. The van der Waals surface area contributed by atoms with Crippen molar-refractivity contribution in [3.05, 3.63) is 92.9 Å². The zero-order chi connectivity index (χ0) is 20.1. The summed E-state index contributed by atoms with van der Waals surface area (Å²) in [5, 5.41) is 6.02. The van der Waals surface area contributed by atoms with Gasteiger partial charge in [-0.1, -0.05) is 60.3 Å². The predicted molar refractivity (Wildman–Crippen MR) is 118 cm³/mol. The summed E-state index contributed by atoms with van der Waals surface area (Å²) in [6, 6.07) is 21.0. The Bertz CT molecular complexity index is 1170. The number of nitrogens with zero attached hydrogens (tertiary/aromatic N) is 2. The Hall–Kier alpha value is -2.90. The number of thioether (sulfide) groups is 1. The number of para-hydroxylation sites is 1. The molecule has 0 fully saturated rings. The van der Waals surface area contributed by atoms with Gasteiger partial charge in [-0.3, -0.25) is 14.2 Å². The van der Waals surface area contributed by atoms with Crippen LogP contribution in [0.25, 0.3) is 10.9 Å². The van der Waals surface area contributed by atoms with Crippen molar-refractivity contribution in [1.82, 2.24) is 14.9 Å². The SMILES string of the molecule is O=C(CSc1nc2ccccc2c(=O)n1Cc1ccccc1)NCc1cccs1. The predicted octanol–water partition coefficient (Wildman–Crippen LogP) is 3.91. The number of thiophene rings is 1. The fraction of sp³-hybridized carbons (Fsp3) is 0.136. The summed E-state index contributed by atoms with van der Waals surface area (Å²) in [6.07, 6.45) is 0. The molecule has 0 unspecified atom stereocenters. The lowest BCUT2D eigenvalue weighted by molar-refractivity contribution is -0.118. The second kappa shape index (κ2) is 9.07. The number of carbonyl (C=O) groups is 1. The van der Waals surface area contributed by atoms with Crippen molar-refractivity contribution < 1.29 is 4.79 Å². The lowest BCUT2D eigenvalue weighted by Crippen LogP contribution is -2.27. The molecule has 0 saturated carbocycles. The molecule has 4 rings (SSSR count). The van der Waals surface area contributed by atoms with Gasteiger partial charge in [-0.25, -0.2) is 4.98 Å². The molecule has 0 aliphatic carbocycles. The van der Waals surface area contributed by atoms with Crippen LogP contribution in [0.15, 0.2) is 82.1 Å². The second-order valence-electron chi connectivity index (χ2n) is 6.43. The van der Waals surface area contributed by atoms with Gasteiger partial charge >= 0.3 is 0 Å². The lowest BCUT2D eigenvalue weighted by atomic mass is 10.2. The van der Waals surface area contributed by atoms with Crippen molar-refractivity contribution in [2.75, 3.05) is 5.75 Å². The molecule has 0 spiro atoms. The summed E-state index contributed by atoms with van der Waals surface area (Å²) in [5.74, 6) is 0.113. The van der Waals surface area contributed by atoms with Gasteiger partial charge in [0.25, 0.3) is 5.56 Å². The number of rotatable bonds is 7. The minimum Gasteiger partial charge on any atom is -0.350 e. The van der Waals surface area contributed by atoms with Gasteiger partial charge in [0.15, 0.2) is 5.16 Å². The first-order chi connectivity index (χ1) is 14.2. The third kappa shape index (κ3) is 4.75. The molecule has 0 radical (unpaired) electrons. The van der Waals surface area contributed by atoms with Crippen molar-refractivity contribution in [3.8, 4) is 0 Å². The number of amides is 1. The molecule has 146 valence electrons. The van der Waals surface area contributed by atoms with Gasteiger partial charge in [-0.05, 0) is 29.1 Å². The van der Waals surface area contributed by atoms with Crippen LogP contribution in [0.2, 0.25) is 0 Å². The minimum absolute atomic E-state index is 0.0860. The Labute approximate surface area is 176 Å². The maximum Gasteiger partial charge on any atom is 0.262 e. The highest BCUT2D eigenvalue weighted by molar-refractivity contribution is 7.99. The maximum absolute atomic E-state index is 13.1.